The van der Waals surface area contributed by atoms with E-state index in [1.807, 2.05) is 0 Å². The van der Waals surface area contributed by atoms with Gasteiger partial charge in [-0.1, -0.05) is 16.9 Å². The van der Waals surface area contributed by atoms with Gasteiger partial charge in [0, 0.05) is 12.3 Å². The predicted octanol–water partition coefficient (Wildman–Crippen LogP) is 3.52. The molecule has 118 valence electrons. The van der Waals surface area contributed by atoms with Crippen molar-refractivity contribution in [1.29, 1.82) is 0 Å². The average Bonchev–Trinajstić information content (AvgIpc) is 2.83. The smallest absolute Gasteiger partial charge is 0.338 e. The third-order valence-electron chi connectivity index (χ3n) is 2.60. The highest BCUT2D eigenvalue weighted by molar-refractivity contribution is 8.00. The van der Waals surface area contributed by atoms with Crippen molar-refractivity contribution < 1.29 is 22.5 Å². The molecule has 0 aliphatic heterocycles. The first-order valence-electron chi connectivity index (χ1n) is 6.20. The SMILES string of the molecule is Cc1cc(NC(=O)[C@H](C)Sc2ccc(C(F)(F)F)cn2)on1. The van der Waals surface area contributed by atoms with Crippen molar-refractivity contribution in [3.63, 3.8) is 0 Å². The lowest BCUT2D eigenvalue weighted by Gasteiger charge is -2.10. The number of nitrogens with zero attached hydrogens (tertiary/aromatic N) is 2. The Morgan fingerprint density at radius 3 is 2.64 bits per heavy atom. The summed E-state index contributed by atoms with van der Waals surface area (Å²) < 4.78 is 42.1. The summed E-state index contributed by atoms with van der Waals surface area (Å²) in [4.78, 5) is 15.6. The van der Waals surface area contributed by atoms with Crippen LogP contribution in [0.5, 0.6) is 0 Å². The molecule has 0 saturated heterocycles. The van der Waals surface area contributed by atoms with E-state index in [0.29, 0.717) is 10.7 Å². The summed E-state index contributed by atoms with van der Waals surface area (Å²) in [5, 5.41) is 5.91. The van der Waals surface area contributed by atoms with Gasteiger partial charge in [0.15, 0.2) is 0 Å². The minimum atomic E-state index is -4.43. The van der Waals surface area contributed by atoms with Crippen molar-refractivity contribution in [2.24, 2.45) is 0 Å². The monoisotopic (exact) mass is 331 g/mol. The molecule has 0 radical (unpaired) electrons. The number of alkyl halides is 3. The third-order valence-corrected chi connectivity index (χ3v) is 3.66. The van der Waals surface area contributed by atoms with Crippen molar-refractivity contribution in [3.8, 4) is 0 Å². The second-order valence-electron chi connectivity index (χ2n) is 4.46. The molecule has 0 bridgehead atoms. The largest absolute Gasteiger partial charge is 0.417 e. The molecule has 1 amide bonds. The van der Waals surface area contributed by atoms with Gasteiger partial charge in [0.1, 0.15) is 0 Å². The molecule has 2 heterocycles. The molecular formula is C13H12F3N3O2S. The molecule has 1 N–H and O–H groups in total. The average molecular weight is 331 g/mol. The summed E-state index contributed by atoms with van der Waals surface area (Å²) in [6.07, 6.45) is -3.68. The summed E-state index contributed by atoms with van der Waals surface area (Å²) in [5.41, 5.74) is -0.203. The Bertz CT molecular complexity index is 655. The first-order valence-corrected chi connectivity index (χ1v) is 7.08. The number of nitrogens with one attached hydrogen (secondary N) is 1. The second kappa shape index (κ2) is 6.39. The normalized spacial score (nSPS) is 13.0. The fourth-order valence-electron chi connectivity index (χ4n) is 1.50. The maximum Gasteiger partial charge on any atom is 0.417 e. The second-order valence-corrected chi connectivity index (χ2v) is 5.83. The molecule has 0 fully saturated rings. The highest BCUT2D eigenvalue weighted by Crippen LogP contribution is 2.30. The first kappa shape index (κ1) is 16.3. The molecule has 22 heavy (non-hydrogen) atoms. The van der Waals surface area contributed by atoms with Gasteiger partial charge >= 0.3 is 6.18 Å². The van der Waals surface area contributed by atoms with Crippen LogP contribution in [0.3, 0.4) is 0 Å². The number of hydrogen-bond donors (Lipinski definition) is 1. The summed E-state index contributed by atoms with van der Waals surface area (Å²) in [6, 6.07) is 3.72. The molecule has 5 nitrogen and oxygen atoms in total. The van der Waals surface area contributed by atoms with Crippen molar-refractivity contribution in [3.05, 3.63) is 35.7 Å². The number of thioether (sulfide) groups is 1. The molecule has 1 atom stereocenters. The van der Waals surface area contributed by atoms with Crippen LogP contribution in [0, 0.1) is 6.92 Å². The number of rotatable bonds is 4. The molecule has 9 heteroatoms. The maximum absolute atomic E-state index is 12.4. The number of carbonyl (C=O) groups is 1. The van der Waals surface area contributed by atoms with Crippen LogP contribution < -0.4 is 5.32 Å². The van der Waals surface area contributed by atoms with Gasteiger partial charge in [-0.15, -0.1) is 0 Å². The predicted molar refractivity (Wildman–Crippen MR) is 74.4 cm³/mol. The lowest BCUT2D eigenvalue weighted by Crippen LogP contribution is -2.22. The van der Waals surface area contributed by atoms with Crippen molar-refractivity contribution in [1.82, 2.24) is 10.1 Å². The molecular weight excluding hydrogens is 319 g/mol. The van der Waals surface area contributed by atoms with Gasteiger partial charge in [0.2, 0.25) is 11.8 Å². The summed E-state index contributed by atoms with van der Waals surface area (Å²) in [7, 11) is 0. The van der Waals surface area contributed by atoms with Gasteiger partial charge in [0.05, 0.1) is 21.5 Å². The molecule has 0 aliphatic rings. The van der Waals surface area contributed by atoms with Crippen LogP contribution in [0.4, 0.5) is 19.1 Å². The zero-order chi connectivity index (χ0) is 16.3. The number of anilines is 1. The number of pyridine rings is 1. The van der Waals surface area contributed by atoms with E-state index in [2.05, 4.69) is 15.5 Å². The van der Waals surface area contributed by atoms with E-state index < -0.39 is 17.0 Å². The zero-order valence-electron chi connectivity index (χ0n) is 11.6. The molecule has 2 rings (SSSR count). The van der Waals surface area contributed by atoms with Gasteiger partial charge in [-0.3, -0.25) is 10.1 Å². The van der Waals surface area contributed by atoms with Crippen LogP contribution in [0.25, 0.3) is 0 Å². The number of carbonyl (C=O) groups excluding carboxylic acids is 1. The van der Waals surface area contributed by atoms with E-state index in [1.165, 1.54) is 6.07 Å². The molecule has 0 spiro atoms. The lowest BCUT2D eigenvalue weighted by molar-refractivity contribution is -0.137. The van der Waals surface area contributed by atoms with E-state index in [9.17, 15) is 18.0 Å². The molecule has 2 aromatic heterocycles. The molecule has 0 saturated carbocycles. The Morgan fingerprint density at radius 2 is 2.14 bits per heavy atom. The van der Waals surface area contributed by atoms with Gasteiger partial charge in [-0.05, 0) is 26.0 Å². The fourth-order valence-corrected chi connectivity index (χ4v) is 2.29. The molecule has 0 aromatic carbocycles. The van der Waals surface area contributed by atoms with Crippen LogP contribution in [0.2, 0.25) is 0 Å². The topological polar surface area (TPSA) is 68.0 Å². The maximum atomic E-state index is 12.4. The van der Waals surface area contributed by atoms with Crippen LogP contribution in [-0.4, -0.2) is 21.3 Å². The Morgan fingerprint density at radius 1 is 1.41 bits per heavy atom. The standard InChI is InChI=1S/C13H12F3N3O2S/c1-7-5-10(21-19-7)18-12(20)8(2)22-11-4-3-9(6-17-11)13(14,15)16/h3-6,8H,1-2H3,(H,18,20)/t8-/m0/s1. The quantitative estimate of drug-likeness (QED) is 0.868. The Kier molecular flexibility index (Phi) is 4.74. The van der Waals surface area contributed by atoms with Crippen molar-refractivity contribution in [2.75, 3.05) is 5.32 Å². The molecule has 0 unspecified atom stereocenters. The van der Waals surface area contributed by atoms with Crippen LogP contribution >= 0.6 is 11.8 Å². The summed E-state index contributed by atoms with van der Waals surface area (Å²) in [6.45, 7) is 3.33. The summed E-state index contributed by atoms with van der Waals surface area (Å²) >= 11 is 1.04. The molecule has 2 aromatic rings. The van der Waals surface area contributed by atoms with E-state index >= 15 is 0 Å². The lowest BCUT2D eigenvalue weighted by atomic mass is 10.3. The molecule has 0 aliphatic carbocycles. The highest BCUT2D eigenvalue weighted by Gasteiger charge is 2.30. The Labute approximate surface area is 128 Å². The van der Waals surface area contributed by atoms with Crippen molar-refractivity contribution >= 4 is 23.6 Å². The van der Waals surface area contributed by atoms with Gasteiger partial charge in [-0.2, -0.15) is 13.2 Å². The highest BCUT2D eigenvalue weighted by atomic mass is 32.2. The Hall–Kier alpha value is -2.03. The third kappa shape index (κ3) is 4.23. The number of halogens is 3. The van der Waals surface area contributed by atoms with Crippen LogP contribution in [0.15, 0.2) is 33.9 Å². The van der Waals surface area contributed by atoms with Crippen LogP contribution in [0.1, 0.15) is 18.2 Å². The van der Waals surface area contributed by atoms with Gasteiger partial charge < -0.3 is 4.52 Å². The van der Waals surface area contributed by atoms with E-state index in [-0.39, 0.29) is 11.8 Å². The number of aryl methyl sites for hydroxylation is 1. The van der Waals surface area contributed by atoms with Gasteiger partial charge in [-0.25, -0.2) is 4.98 Å². The number of amides is 1. The van der Waals surface area contributed by atoms with Gasteiger partial charge in [0.25, 0.3) is 0 Å². The van der Waals surface area contributed by atoms with Crippen molar-refractivity contribution in [2.45, 2.75) is 30.3 Å². The first-order chi connectivity index (χ1) is 10.3. The number of hydrogen-bond acceptors (Lipinski definition) is 5. The minimum Gasteiger partial charge on any atom is -0.338 e. The van der Waals surface area contributed by atoms with Crippen LogP contribution in [-0.2, 0) is 11.0 Å². The fraction of sp³-hybridized carbons (Fsp3) is 0.308. The zero-order valence-corrected chi connectivity index (χ0v) is 12.5. The number of aromatic nitrogens is 2. The minimum absolute atomic E-state index is 0.218. The summed E-state index contributed by atoms with van der Waals surface area (Å²) in [5.74, 6) is -0.141. The Balaban J connectivity index is 1.96. The van der Waals surface area contributed by atoms with E-state index in [4.69, 9.17) is 4.52 Å². The van der Waals surface area contributed by atoms with E-state index in [0.717, 1.165) is 24.0 Å². The van der Waals surface area contributed by atoms with E-state index in [1.54, 1.807) is 19.9 Å².